The first-order valence-corrected chi connectivity index (χ1v) is 3.22. The molecule has 11 heavy (non-hydrogen) atoms. The molecule has 0 unspecified atom stereocenters. The lowest BCUT2D eigenvalue weighted by Gasteiger charge is -2.18. The number of carboxylic acids is 1. The second kappa shape index (κ2) is 3.45. The van der Waals surface area contributed by atoms with Crippen LogP contribution in [0.5, 0.6) is 0 Å². The lowest BCUT2D eigenvalue weighted by Crippen LogP contribution is -2.51. The molecule has 0 aromatic heterocycles. The minimum Gasteiger partial charge on any atom is -0.481 e. The lowest BCUT2D eigenvalue weighted by atomic mass is 10.3. The topological polar surface area (TPSA) is 80.4 Å². The SMILES string of the molecule is C[N+](C)(N)C(=O)CCC(=O)O. The predicted molar refractivity (Wildman–Crippen MR) is 38.2 cm³/mol. The van der Waals surface area contributed by atoms with Gasteiger partial charge in [-0.25, -0.2) is 4.79 Å². The molecule has 0 aliphatic carbocycles. The molecule has 0 fully saturated rings. The Morgan fingerprint density at radius 3 is 2.09 bits per heavy atom. The van der Waals surface area contributed by atoms with Crippen LogP contribution in [-0.4, -0.2) is 35.7 Å². The minimum absolute atomic E-state index is 0.0150. The maximum Gasteiger partial charge on any atom is 0.332 e. The van der Waals surface area contributed by atoms with Gasteiger partial charge in [0, 0.05) is 0 Å². The van der Waals surface area contributed by atoms with Gasteiger partial charge in [-0.3, -0.25) is 4.79 Å². The maximum atomic E-state index is 11.0. The van der Waals surface area contributed by atoms with Crippen LogP contribution in [0.25, 0.3) is 0 Å². The quantitative estimate of drug-likeness (QED) is 0.249. The van der Waals surface area contributed by atoms with Crippen molar-refractivity contribution < 1.29 is 19.3 Å². The maximum absolute atomic E-state index is 11.0. The van der Waals surface area contributed by atoms with Crippen molar-refractivity contribution in [3.05, 3.63) is 0 Å². The van der Waals surface area contributed by atoms with Gasteiger partial charge in [-0.05, 0) is 0 Å². The van der Waals surface area contributed by atoms with Crippen LogP contribution in [0.15, 0.2) is 0 Å². The summed E-state index contributed by atoms with van der Waals surface area (Å²) in [5.74, 6) is 4.10. The molecule has 0 aromatic carbocycles. The van der Waals surface area contributed by atoms with E-state index in [0.717, 1.165) is 0 Å². The summed E-state index contributed by atoms with van der Waals surface area (Å²) in [5.41, 5.74) is 0. The first-order valence-electron chi connectivity index (χ1n) is 3.22. The summed E-state index contributed by atoms with van der Waals surface area (Å²) in [5, 5.41) is 8.23. The van der Waals surface area contributed by atoms with Gasteiger partial charge in [0.2, 0.25) is 0 Å². The average molecular weight is 161 g/mol. The molecule has 0 radical (unpaired) electrons. The van der Waals surface area contributed by atoms with Gasteiger partial charge in [-0.15, -0.1) is 0 Å². The van der Waals surface area contributed by atoms with Crippen LogP contribution in [-0.2, 0) is 9.59 Å². The van der Waals surface area contributed by atoms with Crippen molar-refractivity contribution in [2.45, 2.75) is 12.8 Å². The zero-order valence-electron chi connectivity index (χ0n) is 6.70. The van der Waals surface area contributed by atoms with Crippen LogP contribution in [0.1, 0.15) is 12.8 Å². The number of carboxylic acid groups (broad SMARTS) is 1. The molecule has 0 saturated heterocycles. The number of amides is 1. The van der Waals surface area contributed by atoms with Crippen molar-refractivity contribution in [1.29, 1.82) is 0 Å². The monoisotopic (exact) mass is 161 g/mol. The molecule has 3 N–H and O–H groups in total. The van der Waals surface area contributed by atoms with E-state index in [1.807, 2.05) is 0 Å². The predicted octanol–water partition coefficient (Wildman–Crippen LogP) is -0.672. The fourth-order valence-electron chi connectivity index (χ4n) is 0.502. The number of quaternary nitrogens is 1. The van der Waals surface area contributed by atoms with Crippen LogP contribution in [0.2, 0.25) is 0 Å². The number of hydrogen-bond donors (Lipinski definition) is 2. The van der Waals surface area contributed by atoms with Crippen LogP contribution in [0.4, 0.5) is 0 Å². The molecule has 64 valence electrons. The number of rotatable bonds is 3. The third-order valence-electron chi connectivity index (χ3n) is 1.20. The van der Waals surface area contributed by atoms with Gasteiger partial charge in [0.1, 0.15) is 0 Å². The Hall–Kier alpha value is -0.940. The first-order chi connectivity index (χ1) is 4.84. The average Bonchev–Trinajstić information content (AvgIpc) is 1.80. The number of hydrogen-bond acceptors (Lipinski definition) is 3. The summed E-state index contributed by atoms with van der Waals surface area (Å²) in [6, 6.07) is 0. The normalized spacial score (nSPS) is 11.2. The molecule has 0 rings (SSSR count). The fourth-order valence-corrected chi connectivity index (χ4v) is 0.502. The van der Waals surface area contributed by atoms with Crippen LogP contribution in [0, 0.1) is 0 Å². The van der Waals surface area contributed by atoms with E-state index in [1.165, 1.54) is 14.1 Å². The summed E-state index contributed by atoms with van der Waals surface area (Å²) in [7, 11) is 3.01. The number of nitrogens with zero attached hydrogens (tertiary/aromatic N) is 1. The zero-order chi connectivity index (χ0) is 9.07. The van der Waals surface area contributed by atoms with Crippen molar-refractivity contribution in [2.75, 3.05) is 14.1 Å². The first kappa shape index (κ1) is 10.1. The minimum atomic E-state index is -0.980. The summed E-state index contributed by atoms with van der Waals surface area (Å²) in [6.45, 7) is 0. The van der Waals surface area contributed by atoms with Crippen LogP contribution in [0.3, 0.4) is 0 Å². The highest BCUT2D eigenvalue weighted by atomic mass is 16.4. The summed E-state index contributed by atoms with van der Waals surface area (Å²) < 4.78 is -0.312. The van der Waals surface area contributed by atoms with E-state index < -0.39 is 5.97 Å². The van der Waals surface area contributed by atoms with E-state index in [4.69, 9.17) is 10.9 Å². The highest BCUT2D eigenvalue weighted by Crippen LogP contribution is 1.97. The third kappa shape index (κ3) is 4.46. The van der Waals surface area contributed by atoms with Crippen molar-refractivity contribution in [1.82, 2.24) is 0 Å². The zero-order valence-corrected chi connectivity index (χ0v) is 6.70. The Morgan fingerprint density at radius 2 is 1.82 bits per heavy atom. The van der Waals surface area contributed by atoms with Crippen LogP contribution < -0.4 is 5.84 Å². The lowest BCUT2D eigenvalue weighted by molar-refractivity contribution is -0.826. The molecular weight excluding hydrogens is 148 g/mol. The summed E-state index contributed by atoms with van der Waals surface area (Å²) in [6.07, 6.45) is -0.170. The Balaban J connectivity index is 3.80. The van der Waals surface area contributed by atoms with E-state index >= 15 is 0 Å². The molecule has 5 heteroatoms. The van der Waals surface area contributed by atoms with Crippen molar-refractivity contribution in [2.24, 2.45) is 5.84 Å². The molecule has 0 aromatic rings. The molecule has 1 amide bonds. The van der Waals surface area contributed by atoms with Gasteiger partial charge in [-0.2, -0.15) is 10.4 Å². The number of nitrogens with two attached hydrogens (primary N) is 1. The molecule has 0 aliphatic heterocycles. The van der Waals surface area contributed by atoms with Gasteiger partial charge in [-0.1, -0.05) is 0 Å². The van der Waals surface area contributed by atoms with Crippen molar-refractivity contribution in [3.63, 3.8) is 0 Å². The van der Waals surface area contributed by atoms with E-state index in [9.17, 15) is 9.59 Å². The molecule has 0 bridgehead atoms. The van der Waals surface area contributed by atoms with E-state index in [-0.39, 0.29) is 23.3 Å². The fraction of sp³-hybridized carbons (Fsp3) is 0.667. The van der Waals surface area contributed by atoms with Crippen LogP contribution >= 0.6 is 0 Å². The van der Waals surface area contributed by atoms with Crippen molar-refractivity contribution >= 4 is 11.9 Å². The standard InChI is InChI=1S/C6H12N2O3/c1-8(2,7)5(9)3-4-6(10)11/h3-4,7H2,1-2H3/p+1. The number of carbonyl (C=O) groups is 2. The highest BCUT2D eigenvalue weighted by Gasteiger charge is 2.21. The van der Waals surface area contributed by atoms with Gasteiger partial charge >= 0.3 is 11.9 Å². The van der Waals surface area contributed by atoms with E-state index in [0.29, 0.717) is 0 Å². The van der Waals surface area contributed by atoms with E-state index in [2.05, 4.69) is 0 Å². The molecule has 0 saturated carbocycles. The number of aliphatic carboxylic acids is 1. The summed E-state index contributed by atoms with van der Waals surface area (Å²) in [4.78, 5) is 21.0. The largest absolute Gasteiger partial charge is 0.481 e. The number of carbonyl (C=O) groups excluding carboxylic acids is 1. The third-order valence-corrected chi connectivity index (χ3v) is 1.20. The smallest absolute Gasteiger partial charge is 0.332 e. The second-order valence-electron chi connectivity index (χ2n) is 2.83. The van der Waals surface area contributed by atoms with Gasteiger partial charge in [0.25, 0.3) is 0 Å². The Labute approximate surface area is 65.0 Å². The Morgan fingerprint density at radius 1 is 1.36 bits per heavy atom. The Kier molecular flexibility index (Phi) is 3.16. The van der Waals surface area contributed by atoms with Crippen molar-refractivity contribution in [3.8, 4) is 0 Å². The molecule has 0 aliphatic rings. The Bertz CT molecular complexity index is 171. The van der Waals surface area contributed by atoms with Gasteiger partial charge < -0.3 is 5.11 Å². The van der Waals surface area contributed by atoms with Gasteiger partial charge in [0.05, 0.1) is 26.9 Å². The second-order valence-corrected chi connectivity index (χ2v) is 2.83. The molecule has 5 nitrogen and oxygen atoms in total. The van der Waals surface area contributed by atoms with E-state index in [1.54, 1.807) is 0 Å². The molecule has 0 spiro atoms. The highest BCUT2D eigenvalue weighted by molar-refractivity contribution is 5.75. The molecular formula is C6H13N2O3+. The molecule has 0 heterocycles. The van der Waals surface area contributed by atoms with Gasteiger partial charge in [0.15, 0.2) is 0 Å². The summed E-state index contributed by atoms with van der Waals surface area (Å²) >= 11 is 0. The molecule has 0 atom stereocenters.